The fraction of sp³-hybridized carbons (Fsp3) is 0.462. The highest BCUT2D eigenvalue weighted by Gasteiger charge is 2.30. The van der Waals surface area contributed by atoms with Crippen LogP contribution in [-0.2, 0) is 11.0 Å². The van der Waals surface area contributed by atoms with Crippen LogP contribution < -0.4 is 11.1 Å². The molecule has 0 radical (unpaired) electrons. The van der Waals surface area contributed by atoms with Crippen LogP contribution in [0.4, 0.5) is 18.9 Å². The molecule has 0 heterocycles. The highest BCUT2D eigenvalue weighted by Crippen LogP contribution is 2.29. The van der Waals surface area contributed by atoms with Crippen LogP contribution in [0.25, 0.3) is 0 Å². The van der Waals surface area contributed by atoms with Gasteiger partial charge in [-0.1, -0.05) is 20.3 Å². The Balaban J connectivity index is 0.00000361. The first kappa shape index (κ1) is 18.7. The zero-order chi connectivity index (χ0) is 14.6. The number of rotatable bonds is 4. The molecule has 20 heavy (non-hydrogen) atoms. The minimum absolute atomic E-state index is 0. The van der Waals surface area contributed by atoms with Gasteiger partial charge in [-0.25, -0.2) is 0 Å². The molecule has 7 heteroatoms. The molecule has 0 aromatic heterocycles. The van der Waals surface area contributed by atoms with Crippen molar-refractivity contribution in [3.63, 3.8) is 0 Å². The Morgan fingerprint density at radius 3 is 2.20 bits per heavy atom. The maximum absolute atomic E-state index is 12.4. The predicted octanol–water partition coefficient (Wildman–Crippen LogP) is 3.44. The summed E-state index contributed by atoms with van der Waals surface area (Å²) in [7, 11) is 0. The lowest BCUT2D eigenvalue weighted by Crippen LogP contribution is -2.40. The number of halogens is 4. The van der Waals surface area contributed by atoms with Crippen LogP contribution in [-0.4, -0.2) is 11.9 Å². The van der Waals surface area contributed by atoms with Gasteiger partial charge in [0, 0.05) is 5.69 Å². The zero-order valence-electron chi connectivity index (χ0n) is 11.2. The van der Waals surface area contributed by atoms with E-state index < -0.39 is 23.7 Å². The lowest BCUT2D eigenvalue weighted by molar-refractivity contribution is -0.137. The number of benzene rings is 1. The smallest absolute Gasteiger partial charge is 0.325 e. The molecular weight excluding hydrogens is 293 g/mol. The van der Waals surface area contributed by atoms with Crippen molar-refractivity contribution < 1.29 is 18.0 Å². The Bertz CT molecular complexity index is 434. The van der Waals surface area contributed by atoms with Gasteiger partial charge in [-0.05, 0) is 30.2 Å². The summed E-state index contributed by atoms with van der Waals surface area (Å²) >= 11 is 0. The van der Waals surface area contributed by atoms with E-state index in [9.17, 15) is 18.0 Å². The van der Waals surface area contributed by atoms with Crippen LogP contribution in [0.15, 0.2) is 24.3 Å². The van der Waals surface area contributed by atoms with Gasteiger partial charge in [-0.3, -0.25) is 4.79 Å². The van der Waals surface area contributed by atoms with Crippen molar-refractivity contribution in [2.24, 2.45) is 11.7 Å². The largest absolute Gasteiger partial charge is 0.416 e. The summed E-state index contributed by atoms with van der Waals surface area (Å²) in [5, 5.41) is 2.50. The Morgan fingerprint density at radius 1 is 1.30 bits per heavy atom. The van der Waals surface area contributed by atoms with Crippen molar-refractivity contribution in [3.8, 4) is 0 Å². The second-order valence-corrected chi connectivity index (χ2v) is 4.48. The Morgan fingerprint density at radius 2 is 1.80 bits per heavy atom. The summed E-state index contributed by atoms with van der Waals surface area (Å²) in [4.78, 5) is 11.7. The third-order valence-electron chi connectivity index (χ3n) is 3.04. The molecule has 3 nitrogen and oxygen atoms in total. The number of amides is 1. The molecule has 0 saturated heterocycles. The number of carbonyl (C=O) groups is 1. The molecule has 1 aromatic rings. The maximum atomic E-state index is 12.4. The number of hydrogen-bond donors (Lipinski definition) is 2. The van der Waals surface area contributed by atoms with Crippen LogP contribution in [0, 0.1) is 5.92 Å². The predicted molar refractivity (Wildman–Crippen MR) is 74.8 cm³/mol. The minimum atomic E-state index is -4.38. The summed E-state index contributed by atoms with van der Waals surface area (Å²) < 4.78 is 37.1. The van der Waals surface area contributed by atoms with Crippen molar-refractivity contribution in [1.29, 1.82) is 0 Å². The number of carbonyl (C=O) groups excluding carboxylic acids is 1. The fourth-order valence-electron chi connectivity index (χ4n) is 1.48. The Labute approximate surface area is 122 Å². The molecule has 2 unspecified atom stereocenters. The van der Waals surface area contributed by atoms with Crippen molar-refractivity contribution in [3.05, 3.63) is 29.8 Å². The molecule has 3 N–H and O–H groups in total. The van der Waals surface area contributed by atoms with Gasteiger partial charge in [0.1, 0.15) is 0 Å². The first-order chi connectivity index (χ1) is 8.75. The lowest BCUT2D eigenvalue weighted by Gasteiger charge is -2.17. The second kappa shape index (κ2) is 7.50. The van der Waals surface area contributed by atoms with Crippen LogP contribution in [0.3, 0.4) is 0 Å². The fourth-order valence-corrected chi connectivity index (χ4v) is 1.48. The quantitative estimate of drug-likeness (QED) is 0.895. The van der Waals surface area contributed by atoms with E-state index in [0.29, 0.717) is 5.69 Å². The molecule has 0 aliphatic rings. The minimum Gasteiger partial charge on any atom is -0.325 e. The monoisotopic (exact) mass is 310 g/mol. The number of nitrogens with two attached hydrogens (primary N) is 1. The SMILES string of the molecule is CCC(C)C(N)C(=O)Nc1ccc(C(F)(F)F)cc1.Cl. The second-order valence-electron chi connectivity index (χ2n) is 4.48. The Hall–Kier alpha value is -1.27. The van der Waals surface area contributed by atoms with Crippen molar-refractivity contribution in [1.82, 2.24) is 0 Å². The highest BCUT2D eigenvalue weighted by atomic mass is 35.5. The van der Waals surface area contributed by atoms with E-state index in [4.69, 9.17) is 5.73 Å². The molecule has 1 amide bonds. The molecule has 0 saturated carbocycles. The molecule has 2 atom stereocenters. The normalized spacial score (nSPS) is 14.1. The number of hydrogen-bond acceptors (Lipinski definition) is 2. The van der Waals surface area contributed by atoms with Gasteiger partial charge in [0.05, 0.1) is 11.6 Å². The maximum Gasteiger partial charge on any atom is 0.416 e. The third kappa shape index (κ3) is 5.02. The van der Waals surface area contributed by atoms with Gasteiger partial charge in [0.15, 0.2) is 0 Å². The zero-order valence-corrected chi connectivity index (χ0v) is 12.0. The molecule has 0 bridgehead atoms. The lowest BCUT2D eigenvalue weighted by atomic mass is 9.99. The first-order valence-corrected chi connectivity index (χ1v) is 5.99. The van der Waals surface area contributed by atoms with Crippen LogP contribution in [0.2, 0.25) is 0 Å². The molecule has 1 rings (SSSR count). The van der Waals surface area contributed by atoms with Crippen molar-refractivity contribution in [2.45, 2.75) is 32.5 Å². The number of alkyl halides is 3. The van der Waals surface area contributed by atoms with Gasteiger partial charge in [-0.2, -0.15) is 13.2 Å². The van der Waals surface area contributed by atoms with E-state index in [1.807, 2.05) is 13.8 Å². The summed E-state index contributed by atoms with van der Waals surface area (Å²) in [6, 6.07) is 3.59. The van der Waals surface area contributed by atoms with Gasteiger partial charge in [-0.15, -0.1) is 12.4 Å². The molecule has 0 aliphatic carbocycles. The van der Waals surface area contributed by atoms with E-state index >= 15 is 0 Å². The average Bonchev–Trinajstić information content (AvgIpc) is 2.36. The topological polar surface area (TPSA) is 55.1 Å². The van der Waals surface area contributed by atoms with E-state index in [2.05, 4.69) is 5.32 Å². The van der Waals surface area contributed by atoms with Crippen LogP contribution in [0.1, 0.15) is 25.8 Å². The number of anilines is 1. The van der Waals surface area contributed by atoms with Crippen LogP contribution in [0.5, 0.6) is 0 Å². The van der Waals surface area contributed by atoms with E-state index in [-0.39, 0.29) is 18.3 Å². The summed E-state index contributed by atoms with van der Waals surface area (Å²) in [5.41, 5.74) is 5.28. The van der Waals surface area contributed by atoms with E-state index in [1.165, 1.54) is 12.1 Å². The molecule has 0 aliphatic heterocycles. The van der Waals surface area contributed by atoms with E-state index in [0.717, 1.165) is 18.6 Å². The van der Waals surface area contributed by atoms with Gasteiger partial charge in [0.2, 0.25) is 5.91 Å². The molecule has 0 spiro atoms. The molecule has 1 aromatic carbocycles. The highest BCUT2D eigenvalue weighted by molar-refractivity contribution is 5.94. The first-order valence-electron chi connectivity index (χ1n) is 5.99. The summed E-state index contributed by atoms with van der Waals surface area (Å²) in [6.45, 7) is 3.76. The standard InChI is InChI=1S/C13H17F3N2O.ClH/c1-3-8(2)11(17)12(19)18-10-6-4-9(5-7-10)13(14,15)16;/h4-8,11H,3,17H2,1-2H3,(H,18,19);1H. The van der Waals surface area contributed by atoms with Gasteiger partial charge >= 0.3 is 6.18 Å². The third-order valence-corrected chi connectivity index (χ3v) is 3.04. The Kier molecular flexibility index (Phi) is 7.02. The molecule has 0 fully saturated rings. The molecule has 114 valence electrons. The van der Waals surface area contributed by atoms with Crippen LogP contribution >= 0.6 is 12.4 Å². The average molecular weight is 311 g/mol. The number of nitrogens with one attached hydrogen (secondary N) is 1. The summed E-state index contributed by atoms with van der Waals surface area (Å²) in [6.07, 6.45) is -3.63. The van der Waals surface area contributed by atoms with Gasteiger partial charge in [0.25, 0.3) is 0 Å². The van der Waals surface area contributed by atoms with Crippen molar-refractivity contribution >= 4 is 24.0 Å². The summed E-state index contributed by atoms with van der Waals surface area (Å²) in [5.74, 6) is -0.386. The molecular formula is C13H18ClF3N2O. The van der Waals surface area contributed by atoms with Crippen molar-refractivity contribution in [2.75, 3.05) is 5.32 Å². The van der Waals surface area contributed by atoms with Gasteiger partial charge < -0.3 is 11.1 Å². The van der Waals surface area contributed by atoms with E-state index in [1.54, 1.807) is 0 Å².